The van der Waals surface area contributed by atoms with E-state index in [4.69, 9.17) is 5.73 Å². The van der Waals surface area contributed by atoms with Gasteiger partial charge in [-0.15, -0.1) is 0 Å². The molecular weight excluding hydrogens is 248 g/mol. The Kier molecular flexibility index (Phi) is 5.18. The van der Waals surface area contributed by atoms with Crippen LogP contribution in [0.15, 0.2) is 24.3 Å². The fourth-order valence-corrected chi connectivity index (χ4v) is 3.24. The Morgan fingerprint density at radius 1 is 1.25 bits per heavy atom. The number of nitrogen functional groups attached to an aromatic ring is 1. The Labute approximate surface area is 122 Å². The van der Waals surface area contributed by atoms with Gasteiger partial charge in [0, 0.05) is 17.3 Å². The van der Waals surface area contributed by atoms with Crippen LogP contribution in [-0.2, 0) is 0 Å². The van der Waals surface area contributed by atoms with Crippen molar-refractivity contribution < 1.29 is 4.79 Å². The number of hydrogen-bond donors (Lipinski definition) is 1. The molecular formula is C17H26N2O. The number of nitrogens with two attached hydrogens (primary N) is 1. The van der Waals surface area contributed by atoms with Crippen LogP contribution >= 0.6 is 0 Å². The number of nitrogens with zero attached hydrogens (tertiary/aromatic N) is 1. The molecule has 1 aliphatic carbocycles. The van der Waals surface area contributed by atoms with Gasteiger partial charge in [-0.05, 0) is 50.6 Å². The van der Waals surface area contributed by atoms with Crippen LogP contribution < -0.4 is 5.73 Å². The quantitative estimate of drug-likeness (QED) is 0.660. The maximum absolute atomic E-state index is 12.7. The number of rotatable bonds is 5. The van der Waals surface area contributed by atoms with E-state index in [-0.39, 0.29) is 11.8 Å². The third kappa shape index (κ3) is 3.40. The highest BCUT2D eigenvalue weighted by atomic mass is 16.1. The molecule has 2 N–H and O–H groups in total. The van der Waals surface area contributed by atoms with Gasteiger partial charge < -0.3 is 5.73 Å². The molecule has 110 valence electrons. The van der Waals surface area contributed by atoms with Crippen LogP contribution in [0.25, 0.3) is 0 Å². The molecule has 1 aromatic carbocycles. The SMILES string of the molecule is CCC(C(=O)c1ccc(N)cc1)N(C)C1CCCCC1. The summed E-state index contributed by atoms with van der Waals surface area (Å²) in [5.41, 5.74) is 7.17. The molecule has 1 atom stereocenters. The average molecular weight is 274 g/mol. The standard InChI is InChI=1S/C17H26N2O/c1-3-16(19(2)15-7-5-4-6-8-15)17(20)13-9-11-14(18)12-10-13/h9-12,15-16H,3-8,18H2,1-2H3. The Hall–Kier alpha value is -1.35. The number of anilines is 1. The molecule has 1 aromatic rings. The normalized spacial score (nSPS) is 18.1. The predicted molar refractivity (Wildman–Crippen MR) is 83.9 cm³/mol. The van der Waals surface area contributed by atoms with Gasteiger partial charge in [0.15, 0.2) is 5.78 Å². The van der Waals surface area contributed by atoms with Crippen LogP contribution in [0.4, 0.5) is 5.69 Å². The summed E-state index contributed by atoms with van der Waals surface area (Å²) < 4.78 is 0. The first-order valence-corrected chi connectivity index (χ1v) is 7.75. The molecule has 3 nitrogen and oxygen atoms in total. The number of Topliss-reactive ketones (excluding diaryl/α,β-unsaturated/α-hetero) is 1. The van der Waals surface area contributed by atoms with E-state index < -0.39 is 0 Å². The average Bonchev–Trinajstić information content (AvgIpc) is 2.49. The molecule has 2 rings (SSSR count). The third-order valence-corrected chi connectivity index (χ3v) is 4.53. The van der Waals surface area contributed by atoms with E-state index in [9.17, 15) is 4.79 Å². The van der Waals surface area contributed by atoms with Crippen molar-refractivity contribution in [2.75, 3.05) is 12.8 Å². The number of carbonyl (C=O) groups is 1. The van der Waals surface area contributed by atoms with Crippen molar-refractivity contribution in [3.8, 4) is 0 Å². The summed E-state index contributed by atoms with van der Waals surface area (Å²) in [6, 6.07) is 7.85. The zero-order valence-electron chi connectivity index (χ0n) is 12.6. The van der Waals surface area contributed by atoms with Crippen molar-refractivity contribution in [2.24, 2.45) is 0 Å². The third-order valence-electron chi connectivity index (χ3n) is 4.53. The van der Waals surface area contributed by atoms with Gasteiger partial charge >= 0.3 is 0 Å². The van der Waals surface area contributed by atoms with Gasteiger partial charge in [0.25, 0.3) is 0 Å². The van der Waals surface area contributed by atoms with Gasteiger partial charge in [-0.2, -0.15) is 0 Å². The van der Waals surface area contributed by atoms with Crippen LogP contribution in [-0.4, -0.2) is 29.8 Å². The molecule has 0 aliphatic heterocycles. The zero-order valence-corrected chi connectivity index (χ0v) is 12.6. The first-order chi connectivity index (χ1) is 9.63. The highest BCUT2D eigenvalue weighted by Gasteiger charge is 2.28. The molecule has 1 saturated carbocycles. The molecule has 0 amide bonds. The van der Waals surface area contributed by atoms with E-state index >= 15 is 0 Å². The minimum Gasteiger partial charge on any atom is -0.399 e. The number of benzene rings is 1. The van der Waals surface area contributed by atoms with Crippen LogP contribution in [0.3, 0.4) is 0 Å². The van der Waals surface area contributed by atoms with Gasteiger partial charge in [0.05, 0.1) is 6.04 Å². The van der Waals surface area contributed by atoms with Gasteiger partial charge in [0.2, 0.25) is 0 Å². The maximum atomic E-state index is 12.7. The Morgan fingerprint density at radius 3 is 2.40 bits per heavy atom. The number of hydrogen-bond acceptors (Lipinski definition) is 3. The van der Waals surface area contributed by atoms with Gasteiger partial charge in [-0.25, -0.2) is 0 Å². The highest BCUT2D eigenvalue weighted by molar-refractivity contribution is 6.00. The molecule has 1 unspecified atom stereocenters. The molecule has 0 spiro atoms. The fraction of sp³-hybridized carbons (Fsp3) is 0.588. The molecule has 0 bridgehead atoms. The zero-order chi connectivity index (χ0) is 14.5. The molecule has 0 saturated heterocycles. The second-order valence-corrected chi connectivity index (χ2v) is 5.87. The van der Waals surface area contributed by atoms with Crippen molar-refractivity contribution in [2.45, 2.75) is 57.5 Å². The summed E-state index contributed by atoms with van der Waals surface area (Å²) in [6.45, 7) is 2.10. The highest BCUT2D eigenvalue weighted by Crippen LogP contribution is 2.25. The predicted octanol–water partition coefficient (Wildman–Crippen LogP) is 3.49. The van der Waals surface area contributed by atoms with Crippen LogP contribution in [0.2, 0.25) is 0 Å². The second-order valence-electron chi connectivity index (χ2n) is 5.87. The monoisotopic (exact) mass is 274 g/mol. The van der Waals surface area contributed by atoms with E-state index in [1.807, 2.05) is 12.1 Å². The minimum absolute atomic E-state index is 0.0123. The Balaban J connectivity index is 2.09. The summed E-state index contributed by atoms with van der Waals surface area (Å²) >= 11 is 0. The summed E-state index contributed by atoms with van der Waals surface area (Å²) in [4.78, 5) is 15.0. The number of carbonyl (C=O) groups excluding carboxylic acids is 1. The smallest absolute Gasteiger partial charge is 0.179 e. The van der Waals surface area contributed by atoms with Crippen molar-refractivity contribution in [3.05, 3.63) is 29.8 Å². The lowest BCUT2D eigenvalue weighted by atomic mass is 9.91. The Morgan fingerprint density at radius 2 is 1.85 bits per heavy atom. The van der Waals surface area contributed by atoms with Crippen LogP contribution in [0.1, 0.15) is 55.8 Å². The largest absolute Gasteiger partial charge is 0.399 e. The van der Waals surface area contributed by atoms with Gasteiger partial charge in [0.1, 0.15) is 0 Å². The topological polar surface area (TPSA) is 46.3 Å². The molecule has 0 heterocycles. The second kappa shape index (κ2) is 6.89. The van der Waals surface area contributed by atoms with Crippen LogP contribution in [0, 0.1) is 0 Å². The molecule has 1 fully saturated rings. The molecule has 0 radical (unpaired) electrons. The molecule has 0 aromatic heterocycles. The van der Waals surface area contributed by atoms with E-state index in [0.717, 1.165) is 12.0 Å². The summed E-state index contributed by atoms with van der Waals surface area (Å²) in [5.74, 6) is 0.223. The fourth-order valence-electron chi connectivity index (χ4n) is 3.24. The minimum atomic E-state index is -0.0123. The Bertz CT molecular complexity index is 435. The maximum Gasteiger partial charge on any atom is 0.179 e. The lowest BCUT2D eigenvalue weighted by molar-refractivity contribution is 0.0742. The van der Waals surface area contributed by atoms with Crippen molar-refractivity contribution in [1.82, 2.24) is 4.90 Å². The van der Waals surface area contributed by atoms with Gasteiger partial charge in [-0.1, -0.05) is 26.2 Å². The van der Waals surface area contributed by atoms with E-state index in [0.29, 0.717) is 11.7 Å². The van der Waals surface area contributed by atoms with Crippen molar-refractivity contribution >= 4 is 11.5 Å². The lowest BCUT2D eigenvalue weighted by Crippen LogP contribution is -2.45. The van der Waals surface area contributed by atoms with Crippen LogP contribution in [0.5, 0.6) is 0 Å². The van der Waals surface area contributed by atoms with Crippen molar-refractivity contribution in [1.29, 1.82) is 0 Å². The number of ketones is 1. The molecule has 3 heteroatoms. The summed E-state index contributed by atoms with van der Waals surface area (Å²) in [5, 5.41) is 0. The van der Waals surface area contributed by atoms with E-state index in [2.05, 4.69) is 18.9 Å². The first kappa shape index (κ1) is 15.0. The summed E-state index contributed by atoms with van der Waals surface area (Å²) in [7, 11) is 2.11. The van der Waals surface area contributed by atoms with Gasteiger partial charge in [-0.3, -0.25) is 9.69 Å². The molecule has 20 heavy (non-hydrogen) atoms. The lowest BCUT2D eigenvalue weighted by Gasteiger charge is -2.36. The molecule has 1 aliphatic rings. The first-order valence-electron chi connectivity index (χ1n) is 7.75. The van der Waals surface area contributed by atoms with E-state index in [1.54, 1.807) is 12.1 Å². The van der Waals surface area contributed by atoms with Crippen molar-refractivity contribution in [3.63, 3.8) is 0 Å². The van der Waals surface area contributed by atoms with E-state index in [1.165, 1.54) is 32.1 Å². The summed E-state index contributed by atoms with van der Waals surface area (Å²) in [6.07, 6.45) is 7.23. The number of likely N-dealkylation sites (N-methyl/N-ethyl adjacent to an activating group) is 1.